The average molecular weight is 313 g/mol. The van der Waals surface area contributed by atoms with Gasteiger partial charge in [-0.05, 0) is 19.9 Å². The Morgan fingerprint density at radius 1 is 1.62 bits per heavy atom. The molecular formula is C13H13ClN2O5. The highest BCUT2D eigenvalue weighted by Crippen LogP contribution is 2.32. The SMILES string of the molecule is CCOC(=O)C1(C)CC(c2cc([N+](=O)[O-])ccc2Cl)=NO1. The van der Waals surface area contributed by atoms with E-state index in [1.807, 2.05) is 0 Å². The molecule has 1 aliphatic rings. The van der Waals surface area contributed by atoms with E-state index < -0.39 is 16.5 Å². The molecule has 112 valence electrons. The molecule has 0 fully saturated rings. The monoisotopic (exact) mass is 312 g/mol. The molecule has 1 heterocycles. The van der Waals surface area contributed by atoms with Crippen LogP contribution in [0.25, 0.3) is 0 Å². The van der Waals surface area contributed by atoms with E-state index in [1.165, 1.54) is 18.2 Å². The number of non-ortho nitro benzene ring substituents is 1. The van der Waals surface area contributed by atoms with Crippen LogP contribution in [0.1, 0.15) is 25.8 Å². The molecule has 0 N–H and O–H groups in total. The maximum absolute atomic E-state index is 11.8. The van der Waals surface area contributed by atoms with E-state index in [0.717, 1.165) is 0 Å². The van der Waals surface area contributed by atoms with Crippen molar-refractivity contribution < 1.29 is 19.3 Å². The number of esters is 1. The smallest absolute Gasteiger partial charge is 0.353 e. The van der Waals surface area contributed by atoms with Crippen LogP contribution >= 0.6 is 11.6 Å². The van der Waals surface area contributed by atoms with E-state index >= 15 is 0 Å². The number of nitrogens with zero attached hydrogens (tertiary/aromatic N) is 2. The van der Waals surface area contributed by atoms with Gasteiger partial charge in [0.25, 0.3) is 5.69 Å². The van der Waals surface area contributed by atoms with Gasteiger partial charge in [0, 0.05) is 24.1 Å². The average Bonchev–Trinajstić information content (AvgIpc) is 2.83. The fourth-order valence-corrected chi connectivity index (χ4v) is 2.15. The van der Waals surface area contributed by atoms with Gasteiger partial charge >= 0.3 is 5.97 Å². The minimum Gasteiger partial charge on any atom is -0.463 e. The third-order valence-corrected chi connectivity index (χ3v) is 3.37. The van der Waals surface area contributed by atoms with Crippen LogP contribution in [-0.4, -0.2) is 28.8 Å². The molecule has 1 aromatic carbocycles. The summed E-state index contributed by atoms with van der Waals surface area (Å²) in [5.74, 6) is -0.537. The summed E-state index contributed by atoms with van der Waals surface area (Å²) in [5, 5.41) is 15.0. The number of oxime groups is 1. The second kappa shape index (κ2) is 5.69. The van der Waals surface area contributed by atoms with Crippen LogP contribution in [0.5, 0.6) is 0 Å². The molecule has 1 aliphatic heterocycles. The van der Waals surface area contributed by atoms with Crippen LogP contribution in [0.3, 0.4) is 0 Å². The van der Waals surface area contributed by atoms with Gasteiger partial charge in [0.1, 0.15) is 0 Å². The minimum atomic E-state index is -1.24. The van der Waals surface area contributed by atoms with Gasteiger partial charge in [-0.3, -0.25) is 10.1 Å². The fraction of sp³-hybridized carbons (Fsp3) is 0.385. The highest BCUT2D eigenvalue weighted by atomic mass is 35.5. The summed E-state index contributed by atoms with van der Waals surface area (Å²) in [5.41, 5.74) is -0.598. The predicted molar refractivity (Wildman–Crippen MR) is 75.4 cm³/mol. The summed E-state index contributed by atoms with van der Waals surface area (Å²) >= 11 is 6.04. The number of hydrogen-bond acceptors (Lipinski definition) is 6. The predicted octanol–water partition coefficient (Wildman–Crippen LogP) is 2.69. The summed E-state index contributed by atoms with van der Waals surface area (Å²) in [6, 6.07) is 4.02. The molecule has 0 saturated carbocycles. The molecule has 0 radical (unpaired) electrons. The fourth-order valence-electron chi connectivity index (χ4n) is 1.93. The Hall–Kier alpha value is -2.15. The van der Waals surface area contributed by atoms with Crippen molar-refractivity contribution in [2.75, 3.05) is 6.61 Å². The molecule has 1 aromatic rings. The van der Waals surface area contributed by atoms with E-state index in [0.29, 0.717) is 16.3 Å². The molecule has 21 heavy (non-hydrogen) atoms. The number of nitro benzene ring substituents is 1. The van der Waals surface area contributed by atoms with Crippen molar-refractivity contribution in [3.63, 3.8) is 0 Å². The van der Waals surface area contributed by atoms with E-state index in [-0.39, 0.29) is 18.7 Å². The van der Waals surface area contributed by atoms with Crippen molar-refractivity contribution in [1.29, 1.82) is 0 Å². The van der Waals surface area contributed by atoms with Crippen LogP contribution in [0.2, 0.25) is 5.02 Å². The van der Waals surface area contributed by atoms with Gasteiger partial charge in [0.2, 0.25) is 5.60 Å². The highest BCUT2D eigenvalue weighted by molar-refractivity contribution is 6.34. The number of hydrogen-bond donors (Lipinski definition) is 0. The van der Waals surface area contributed by atoms with E-state index in [4.69, 9.17) is 21.2 Å². The van der Waals surface area contributed by atoms with Crippen molar-refractivity contribution in [3.8, 4) is 0 Å². The quantitative estimate of drug-likeness (QED) is 0.484. The molecule has 0 amide bonds. The molecule has 0 saturated heterocycles. The minimum absolute atomic E-state index is 0.109. The first-order valence-corrected chi connectivity index (χ1v) is 6.62. The van der Waals surface area contributed by atoms with Gasteiger partial charge < -0.3 is 9.57 Å². The van der Waals surface area contributed by atoms with Crippen molar-refractivity contribution in [2.45, 2.75) is 25.9 Å². The van der Waals surface area contributed by atoms with Gasteiger partial charge in [-0.1, -0.05) is 16.8 Å². The Morgan fingerprint density at radius 3 is 2.95 bits per heavy atom. The summed E-state index contributed by atoms with van der Waals surface area (Å²) in [4.78, 5) is 27.3. The molecule has 0 aliphatic carbocycles. The number of halogens is 1. The van der Waals surface area contributed by atoms with E-state index in [2.05, 4.69) is 5.16 Å². The maximum atomic E-state index is 11.8. The zero-order valence-corrected chi connectivity index (χ0v) is 12.2. The van der Waals surface area contributed by atoms with Crippen molar-refractivity contribution in [1.82, 2.24) is 0 Å². The lowest BCUT2D eigenvalue weighted by Gasteiger charge is -2.18. The largest absolute Gasteiger partial charge is 0.463 e. The molecule has 8 heteroatoms. The van der Waals surface area contributed by atoms with Gasteiger partial charge in [-0.25, -0.2) is 4.79 Å². The Balaban J connectivity index is 2.27. The highest BCUT2D eigenvalue weighted by Gasteiger charge is 2.44. The summed E-state index contributed by atoms with van der Waals surface area (Å²) < 4.78 is 4.93. The Kier molecular flexibility index (Phi) is 4.13. The molecule has 0 bridgehead atoms. The lowest BCUT2D eigenvalue weighted by atomic mass is 9.96. The zero-order valence-electron chi connectivity index (χ0n) is 11.5. The van der Waals surface area contributed by atoms with Crippen molar-refractivity contribution in [2.24, 2.45) is 5.16 Å². The summed E-state index contributed by atoms with van der Waals surface area (Å²) in [6.45, 7) is 3.47. The van der Waals surface area contributed by atoms with Gasteiger partial charge in [0.15, 0.2) is 0 Å². The third kappa shape index (κ3) is 2.97. The lowest BCUT2D eigenvalue weighted by molar-refractivity contribution is -0.384. The second-order valence-electron chi connectivity index (χ2n) is 4.68. The van der Waals surface area contributed by atoms with Crippen LogP contribution in [0.15, 0.2) is 23.4 Å². The third-order valence-electron chi connectivity index (χ3n) is 3.04. The van der Waals surface area contributed by atoms with Crippen LogP contribution in [-0.2, 0) is 14.4 Å². The standard InChI is InChI=1S/C13H13ClN2O5/c1-3-20-12(17)13(2)7-11(15-21-13)9-6-8(16(18)19)4-5-10(9)14/h4-6H,3,7H2,1-2H3. The normalized spacial score (nSPS) is 20.6. The van der Waals surface area contributed by atoms with Crippen LogP contribution in [0, 0.1) is 10.1 Å². The number of carbonyl (C=O) groups excluding carboxylic acids is 1. The first kappa shape index (κ1) is 15.2. The van der Waals surface area contributed by atoms with Gasteiger partial charge in [0.05, 0.1) is 22.3 Å². The number of ether oxygens (including phenoxy) is 1. The number of nitro groups is 1. The molecule has 1 unspecified atom stereocenters. The maximum Gasteiger partial charge on any atom is 0.353 e. The zero-order chi connectivity index (χ0) is 15.6. The second-order valence-corrected chi connectivity index (χ2v) is 5.09. The molecule has 2 rings (SSSR count). The Labute approximate surface area is 125 Å². The molecule has 0 spiro atoms. The molecule has 7 nitrogen and oxygen atoms in total. The Morgan fingerprint density at radius 2 is 2.33 bits per heavy atom. The summed E-state index contributed by atoms with van der Waals surface area (Å²) in [7, 11) is 0. The number of carbonyl (C=O) groups is 1. The van der Waals surface area contributed by atoms with Gasteiger partial charge in [-0.15, -0.1) is 0 Å². The Bertz CT molecular complexity index is 631. The lowest BCUT2D eigenvalue weighted by Crippen LogP contribution is -2.37. The van der Waals surface area contributed by atoms with Crippen LogP contribution < -0.4 is 0 Å². The van der Waals surface area contributed by atoms with Crippen LogP contribution in [0.4, 0.5) is 5.69 Å². The van der Waals surface area contributed by atoms with E-state index in [1.54, 1.807) is 13.8 Å². The van der Waals surface area contributed by atoms with E-state index in [9.17, 15) is 14.9 Å². The van der Waals surface area contributed by atoms with Crippen molar-refractivity contribution >= 4 is 29.0 Å². The number of rotatable bonds is 4. The molecule has 1 atom stereocenters. The first-order valence-electron chi connectivity index (χ1n) is 6.24. The first-order chi connectivity index (χ1) is 9.87. The molecular weight excluding hydrogens is 300 g/mol. The topological polar surface area (TPSA) is 91.0 Å². The summed E-state index contributed by atoms with van der Waals surface area (Å²) in [6.07, 6.45) is 0.132. The van der Waals surface area contributed by atoms with Gasteiger partial charge in [-0.2, -0.15) is 0 Å². The number of benzene rings is 1. The molecule has 0 aromatic heterocycles. The van der Waals surface area contributed by atoms with Crippen molar-refractivity contribution in [3.05, 3.63) is 38.9 Å².